The molecule has 0 spiro atoms. The first kappa shape index (κ1) is 15.7. The van der Waals surface area contributed by atoms with Gasteiger partial charge in [-0.1, -0.05) is 0 Å². The second kappa shape index (κ2) is 7.41. The number of aromatic amines is 1. The number of amides is 1. The molecule has 3 rings (SSSR count). The molecule has 0 saturated heterocycles. The predicted molar refractivity (Wildman–Crippen MR) is 90.8 cm³/mol. The van der Waals surface area contributed by atoms with E-state index in [0.29, 0.717) is 12.2 Å². The Bertz CT molecular complexity index is 797. The zero-order valence-electron chi connectivity index (χ0n) is 13.3. The van der Waals surface area contributed by atoms with Crippen LogP contribution in [0, 0.1) is 0 Å². The van der Waals surface area contributed by atoms with Gasteiger partial charge in [-0.3, -0.25) is 14.9 Å². The van der Waals surface area contributed by atoms with Crippen LogP contribution in [-0.4, -0.2) is 34.7 Å². The second-order valence-corrected chi connectivity index (χ2v) is 5.26. The van der Waals surface area contributed by atoms with E-state index in [1.54, 1.807) is 25.6 Å². The molecule has 1 aromatic carbocycles. The molecule has 6 heteroatoms. The zero-order valence-corrected chi connectivity index (χ0v) is 13.3. The number of pyridine rings is 1. The molecule has 2 heterocycles. The molecule has 0 aliphatic heterocycles. The summed E-state index contributed by atoms with van der Waals surface area (Å²) in [5, 5.41) is 9.85. The molecule has 0 saturated carbocycles. The molecule has 122 valence electrons. The lowest BCUT2D eigenvalue weighted by molar-refractivity contribution is 0.0949. The molecule has 0 radical (unpaired) electrons. The van der Waals surface area contributed by atoms with Gasteiger partial charge in [0.1, 0.15) is 11.4 Å². The van der Waals surface area contributed by atoms with E-state index in [-0.39, 0.29) is 5.91 Å². The van der Waals surface area contributed by atoms with Crippen molar-refractivity contribution in [1.82, 2.24) is 20.5 Å². The Morgan fingerprint density at radius 3 is 2.62 bits per heavy atom. The Morgan fingerprint density at radius 1 is 1.17 bits per heavy atom. The third kappa shape index (κ3) is 3.78. The standard InChI is InChI=1S/C18H18N4O2/c1-24-15-4-2-14(3-5-15)16-12-17(22-21-16)18(23)20-11-8-13-6-9-19-10-7-13/h2-7,9-10,12H,8,11H2,1H3,(H,20,23)(H,21,22). The van der Waals surface area contributed by atoms with E-state index in [1.165, 1.54) is 0 Å². The second-order valence-electron chi connectivity index (χ2n) is 5.26. The summed E-state index contributed by atoms with van der Waals surface area (Å²) in [4.78, 5) is 16.1. The maximum absolute atomic E-state index is 12.2. The third-order valence-electron chi connectivity index (χ3n) is 3.66. The van der Waals surface area contributed by atoms with Crippen LogP contribution in [0.1, 0.15) is 16.1 Å². The lowest BCUT2D eigenvalue weighted by Gasteiger charge is -2.03. The summed E-state index contributed by atoms with van der Waals surface area (Å²) in [5.74, 6) is 0.611. The summed E-state index contributed by atoms with van der Waals surface area (Å²) in [6.45, 7) is 0.555. The first-order chi connectivity index (χ1) is 11.8. The summed E-state index contributed by atoms with van der Waals surface area (Å²) in [7, 11) is 1.62. The van der Waals surface area contributed by atoms with E-state index in [4.69, 9.17) is 4.74 Å². The number of methoxy groups -OCH3 is 1. The van der Waals surface area contributed by atoms with Crippen LogP contribution in [0.2, 0.25) is 0 Å². The number of carbonyl (C=O) groups is 1. The van der Waals surface area contributed by atoms with Crippen molar-refractivity contribution in [3.63, 3.8) is 0 Å². The first-order valence-corrected chi connectivity index (χ1v) is 7.63. The molecule has 0 atom stereocenters. The molecule has 24 heavy (non-hydrogen) atoms. The van der Waals surface area contributed by atoms with E-state index in [1.807, 2.05) is 36.4 Å². The molecule has 2 aromatic heterocycles. The zero-order chi connectivity index (χ0) is 16.8. The summed E-state index contributed by atoms with van der Waals surface area (Å²) >= 11 is 0. The number of hydrogen-bond acceptors (Lipinski definition) is 4. The number of rotatable bonds is 6. The van der Waals surface area contributed by atoms with Gasteiger partial charge in [-0.2, -0.15) is 5.10 Å². The minimum Gasteiger partial charge on any atom is -0.497 e. The van der Waals surface area contributed by atoms with Gasteiger partial charge in [0.2, 0.25) is 0 Å². The minimum absolute atomic E-state index is 0.170. The summed E-state index contributed by atoms with van der Waals surface area (Å²) < 4.78 is 5.13. The summed E-state index contributed by atoms with van der Waals surface area (Å²) in [5.41, 5.74) is 3.21. The number of hydrogen-bond donors (Lipinski definition) is 2. The fraction of sp³-hybridized carbons (Fsp3) is 0.167. The maximum atomic E-state index is 12.2. The molecular weight excluding hydrogens is 304 g/mol. The van der Waals surface area contributed by atoms with Crippen molar-refractivity contribution in [2.75, 3.05) is 13.7 Å². The molecule has 0 bridgehead atoms. The molecule has 3 aromatic rings. The number of carbonyl (C=O) groups excluding carboxylic acids is 1. The minimum atomic E-state index is -0.170. The Hall–Kier alpha value is -3.15. The van der Waals surface area contributed by atoms with Crippen LogP contribution in [0.5, 0.6) is 5.75 Å². The Labute approximate surface area is 139 Å². The average molecular weight is 322 g/mol. The van der Waals surface area contributed by atoms with Gasteiger partial charge in [-0.15, -0.1) is 0 Å². The van der Waals surface area contributed by atoms with Gasteiger partial charge in [0.25, 0.3) is 5.91 Å². The van der Waals surface area contributed by atoms with E-state index in [9.17, 15) is 4.79 Å². The van der Waals surface area contributed by atoms with Crippen molar-refractivity contribution in [2.45, 2.75) is 6.42 Å². The SMILES string of the molecule is COc1ccc(-c2cc(C(=O)NCCc3ccncc3)[nH]n2)cc1. The fourth-order valence-electron chi connectivity index (χ4n) is 2.31. The highest BCUT2D eigenvalue weighted by Gasteiger charge is 2.10. The molecule has 0 aliphatic rings. The molecule has 6 nitrogen and oxygen atoms in total. The van der Waals surface area contributed by atoms with E-state index < -0.39 is 0 Å². The van der Waals surface area contributed by atoms with Crippen LogP contribution in [-0.2, 0) is 6.42 Å². The van der Waals surface area contributed by atoms with Crippen molar-refractivity contribution < 1.29 is 9.53 Å². The first-order valence-electron chi connectivity index (χ1n) is 7.63. The molecule has 2 N–H and O–H groups in total. The summed E-state index contributed by atoms with van der Waals surface area (Å²) in [6, 6.07) is 13.1. The van der Waals surface area contributed by atoms with Crippen molar-refractivity contribution in [3.8, 4) is 17.0 Å². The predicted octanol–water partition coefficient (Wildman–Crippen LogP) is 2.45. The fourth-order valence-corrected chi connectivity index (χ4v) is 2.31. The maximum Gasteiger partial charge on any atom is 0.269 e. The Kier molecular flexibility index (Phi) is 4.86. The normalized spacial score (nSPS) is 10.4. The third-order valence-corrected chi connectivity index (χ3v) is 3.66. The number of H-pyrrole nitrogens is 1. The summed E-state index contributed by atoms with van der Waals surface area (Å²) in [6.07, 6.45) is 4.24. The van der Waals surface area contributed by atoms with Crippen molar-refractivity contribution in [1.29, 1.82) is 0 Å². The van der Waals surface area contributed by atoms with Gasteiger partial charge in [0.15, 0.2) is 0 Å². The molecule has 0 unspecified atom stereocenters. The lowest BCUT2D eigenvalue weighted by atomic mass is 10.1. The van der Waals surface area contributed by atoms with Gasteiger partial charge in [-0.05, 0) is 54.4 Å². The van der Waals surface area contributed by atoms with Crippen LogP contribution in [0.15, 0.2) is 54.9 Å². The molecule has 1 amide bonds. The number of aromatic nitrogens is 3. The van der Waals surface area contributed by atoms with Crippen LogP contribution in [0.25, 0.3) is 11.3 Å². The Morgan fingerprint density at radius 2 is 1.92 bits per heavy atom. The van der Waals surface area contributed by atoms with Crippen molar-refractivity contribution in [3.05, 3.63) is 66.1 Å². The molecule has 0 aliphatic carbocycles. The monoisotopic (exact) mass is 322 g/mol. The van der Waals surface area contributed by atoms with Gasteiger partial charge < -0.3 is 10.1 Å². The quantitative estimate of drug-likeness (QED) is 0.730. The largest absolute Gasteiger partial charge is 0.497 e. The van der Waals surface area contributed by atoms with Gasteiger partial charge in [0.05, 0.1) is 12.8 Å². The van der Waals surface area contributed by atoms with Crippen LogP contribution in [0.3, 0.4) is 0 Å². The number of ether oxygens (including phenoxy) is 1. The number of nitrogens with one attached hydrogen (secondary N) is 2. The van der Waals surface area contributed by atoms with Crippen LogP contribution in [0.4, 0.5) is 0 Å². The molecular formula is C18H18N4O2. The van der Waals surface area contributed by atoms with E-state index >= 15 is 0 Å². The average Bonchev–Trinajstić information content (AvgIpc) is 3.13. The van der Waals surface area contributed by atoms with E-state index in [0.717, 1.165) is 29.0 Å². The van der Waals surface area contributed by atoms with Gasteiger partial charge in [-0.25, -0.2) is 0 Å². The Balaban J connectivity index is 1.59. The number of benzene rings is 1. The topological polar surface area (TPSA) is 79.9 Å². The van der Waals surface area contributed by atoms with Gasteiger partial charge >= 0.3 is 0 Å². The smallest absolute Gasteiger partial charge is 0.269 e. The highest BCUT2D eigenvalue weighted by atomic mass is 16.5. The van der Waals surface area contributed by atoms with E-state index in [2.05, 4.69) is 20.5 Å². The lowest BCUT2D eigenvalue weighted by Crippen LogP contribution is -2.26. The van der Waals surface area contributed by atoms with Crippen LogP contribution >= 0.6 is 0 Å². The van der Waals surface area contributed by atoms with Crippen molar-refractivity contribution >= 4 is 5.91 Å². The highest BCUT2D eigenvalue weighted by molar-refractivity contribution is 5.93. The number of nitrogens with zero attached hydrogens (tertiary/aromatic N) is 2. The van der Waals surface area contributed by atoms with Gasteiger partial charge in [0, 0.05) is 24.5 Å². The highest BCUT2D eigenvalue weighted by Crippen LogP contribution is 2.21. The van der Waals surface area contributed by atoms with Crippen molar-refractivity contribution in [2.24, 2.45) is 0 Å². The molecule has 0 fully saturated rings. The van der Waals surface area contributed by atoms with Crippen LogP contribution < -0.4 is 10.1 Å².